The van der Waals surface area contributed by atoms with Crippen LogP contribution in [0.5, 0.6) is 0 Å². The molecular weight excluding hydrogens is 190 g/mol. The van der Waals surface area contributed by atoms with Gasteiger partial charge in [-0.3, -0.25) is 4.79 Å². The van der Waals surface area contributed by atoms with Crippen LogP contribution >= 0.6 is 0 Å². The zero-order valence-electron chi connectivity index (χ0n) is 9.67. The molecule has 0 aliphatic carbocycles. The molecule has 4 heteroatoms. The second-order valence-electron chi connectivity index (χ2n) is 4.37. The smallest absolute Gasteiger partial charge is 0.216 e. The highest BCUT2D eigenvalue weighted by Crippen LogP contribution is 2.08. The molecule has 1 fully saturated rings. The summed E-state index contributed by atoms with van der Waals surface area (Å²) in [6.45, 7) is 5.80. The van der Waals surface area contributed by atoms with E-state index in [2.05, 4.69) is 10.2 Å². The average Bonchev–Trinajstić information content (AvgIpc) is 2.20. The van der Waals surface area contributed by atoms with Crippen LogP contribution in [0.2, 0.25) is 0 Å². The van der Waals surface area contributed by atoms with Gasteiger partial charge in [-0.1, -0.05) is 0 Å². The highest BCUT2D eigenvalue weighted by molar-refractivity contribution is 5.72. The molecule has 0 aromatic rings. The molecule has 88 valence electrons. The minimum absolute atomic E-state index is 0.0685. The molecule has 0 bridgehead atoms. The Morgan fingerprint density at radius 3 is 2.67 bits per heavy atom. The van der Waals surface area contributed by atoms with E-state index in [9.17, 15) is 4.79 Å². The quantitative estimate of drug-likeness (QED) is 0.647. The number of unbranched alkanes of at least 4 members (excludes halogenated alkanes) is 1. The largest absolute Gasteiger partial charge is 0.356 e. The molecule has 1 aliphatic rings. The highest BCUT2D eigenvalue weighted by Gasteiger charge is 2.14. The summed E-state index contributed by atoms with van der Waals surface area (Å²) < 4.78 is 0. The number of hydrogen-bond acceptors (Lipinski definition) is 3. The van der Waals surface area contributed by atoms with Crippen LogP contribution in [0.3, 0.4) is 0 Å². The lowest BCUT2D eigenvalue weighted by Gasteiger charge is -2.29. The van der Waals surface area contributed by atoms with Crippen molar-refractivity contribution in [1.82, 2.24) is 10.2 Å². The lowest BCUT2D eigenvalue weighted by molar-refractivity contribution is -0.118. The van der Waals surface area contributed by atoms with Gasteiger partial charge >= 0.3 is 0 Å². The predicted molar refractivity (Wildman–Crippen MR) is 61.6 cm³/mol. The molecular formula is C11H23N3O. The summed E-state index contributed by atoms with van der Waals surface area (Å²) in [6.07, 6.45) is 4.50. The third kappa shape index (κ3) is 5.74. The van der Waals surface area contributed by atoms with E-state index in [1.807, 2.05) is 0 Å². The Bertz CT molecular complexity index is 188. The second-order valence-corrected chi connectivity index (χ2v) is 4.37. The molecule has 1 rings (SSSR count). The monoisotopic (exact) mass is 213 g/mol. The van der Waals surface area contributed by atoms with Crippen molar-refractivity contribution in [2.24, 2.45) is 5.73 Å². The molecule has 0 aromatic heterocycles. The summed E-state index contributed by atoms with van der Waals surface area (Å²) in [5.74, 6) is 0.0685. The topological polar surface area (TPSA) is 58.4 Å². The Kier molecular flexibility index (Phi) is 5.65. The van der Waals surface area contributed by atoms with Gasteiger partial charge in [0.05, 0.1) is 0 Å². The lowest BCUT2D eigenvalue weighted by atomic mass is 10.1. The van der Waals surface area contributed by atoms with Crippen molar-refractivity contribution in [2.45, 2.75) is 38.6 Å². The number of rotatable bonds is 5. The first-order valence-corrected chi connectivity index (χ1v) is 5.91. The molecule has 0 radical (unpaired) electrons. The first-order chi connectivity index (χ1) is 7.18. The van der Waals surface area contributed by atoms with E-state index in [-0.39, 0.29) is 5.91 Å². The number of amides is 1. The second kappa shape index (κ2) is 6.80. The van der Waals surface area contributed by atoms with Crippen LogP contribution in [0, 0.1) is 0 Å². The van der Waals surface area contributed by atoms with E-state index in [1.54, 1.807) is 6.92 Å². The van der Waals surface area contributed by atoms with Gasteiger partial charge in [0.2, 0.25) is 5.91 Å². The standard InChI is InChI=1S/C11H23N3O/c1-10(15)13-6-2-3-7-14-8-4-11(12)5-9-14/h11H,2-9,12H2,1H3,(H,13,15). The summed E-state index contributed by atoms with van der Waals surface area (Å²) >= 11 is 0. The summed E-state index contributed by atoms with van der Waals surface area (Å²) in [7, 11) is 0. The zero-order valence-corrected chi connectivity index (χ0v) is 9.67. The molecule has 0 atom stereocenters. The highest BCUT2D eigenvalue weighted by atomic mass is 16.1. The maximum atomic E-state index is 10.6. The first kappa shape index (κ1) is 12.5. The van der Waals surface area contributed by atoms with E-state index < -0.39 is 0 Å². The Balaban J connectivity index is 1.94. The van der Waals surface area contributed by atoms with Gasteiger partial charge in [-0.05, 0) is 45.3 Å². The molecule has 1 amide bonds. The first-order valence-electron chi connectivity index (χ1n) is 5.91. The Labute approximate surface area is 92.2 Å². The fourth-order valence-electron chi connectivity index (χ4n) is 1.90. The van der Waals surface area contributed by atoms with Crippen molar-refractivity contribution in [3.63, 3.8) is 0 Å². The van der Waals surface area contributed by atoms with Gasteiger partial charge in [-0.25, -0.2) is 0 Å². The van der Waals surface area contributed by atoms with E-state index in [1.165, 1.54) is 0 Å². The van der Waals surface area contributed by atoms with Gasteiger partial charge in [-0.2, -0.15) is 0 Å². The summed E-state index contributed by atoms with van der Waals surface area (Å²) in [4.78, 5) is 13.1. The summed E-state index contributed by atoms with van der Waals surface area (Å²) in [5.41, 5.74) is 5.83. The maximum Gasteiger partial charge on any atom is 0.216 e. The molecule has 1 heterocycles. The van der Waals surface area contributed by atoms with E-state index in [4.69, 9.17) is 5.73 Å². The number of nitrogens with two attached hydrogens (primary N) is 1. The van der Waals surface area contributed by atoms with Gasteiger partial charge in [0, 0.05) is 19.5 Å². The van der Waals surface area contributed by atoms with Crippen molar-refractivity contribution in [3.05, 3.63) is 0 Å². The number of carbonyl (C=O) groups is 1. The number of carbonyl (C=O) groups excluding carboxylic acids is 1. The third-order valence-electron chi connectivity index (χ3n) is 2.91. The molecule has 3 N–H and O–H groups in total. The molecule has 1 saturated heterocycles. The third-order valence-corrected chi connectivity index (χ3v) is 2.91. The van der Waals surface area contributed by atoms with Crippen LogP contribution in [-0.2, 0) is 4.79 Å². The number of nitrogens with zero attached hydrogens (tertiary/aromatic N) is 1. The fourth-order valence-corrected chi connectivity index (χ4v) is 1.90. The number of hydrogen-bond donors (Lipinski definition) is 2. The zero-order chi connectivity index (χ0) is 11.1. The molecule has 15 heavy (non-hydrogen) atoms. The van der Waals surface area contributed by atoms with Crippen molar-refractivity contribution in [1.29, 1.82) is 0 Å². The molecule has 0 spiro atoms. The van der Waals surface area contributed by atoms with Gasteiger partial charge < -0.3 is 16.0 Å². The maximum absolute atomic E-state index is 10.6. The van der Waals surface area contributed by atoms with Crippen molar-refractivity contribution in [3.8, 4) is 0 Å². The number of likely N-dealkylation sites (tertiary alicyclic amines) is 1. The van der Waals surface area contributed by atoms with Crippen molar-refractivity contribution >= 4 is 5.91 Å². The Morgan fingerprint density at radius 2 is 2.07 bits per heavy atom. The van der Waals surface area contributed by atoms with Gasteiger partial charge in [0.25, 0.3) is 0 Å². The van der Waals surface area contributed by atoms with Crippen LogP contribution < -0.4 is 11.1 Å². The summed E-state index contributed by atoms with van der Waals surface area (Å²) in [5, 5.41) is 2.81. The molecule has 0 unspecified atom stereocenters. The van der Waals surface area contributed by atoms with E-state index in [0.29, 0.717) is 6.04 Å². The molecule has 0 aromatic carbocycles. The molecule has 0 saturated carbocycles. The van der Waals surface area contributed by atoms with Crippen LogP contribution in [0.25, 0.3) is 0 Å². The minimum atomic E-state index is 0.0685. The van der Waals surface area contributed by atoms with Crippen LogP contribution in [0.4, 0.5) is 0 Å². The predicted octanol–water partition coefficient (Wildman–Crippen LogP) is 0.326. The Morgan fingerprint density at radius 1 is 1.40 bits per heavy atom. The lowest BCUT2D eigenvalue weighted by Crippen LogP contribution is -2.40. The minimum Gasteiger partial charge on any atom is -0.356 e. The Hall–Kier alpha value is -0.610. The van der Waals surface area contributed by atoms with Crippen LogP contribution in [-0.4, -0.2) is 43.0 Å². The van der Waals surface area contributed by atoms with Gasteiger partial charge in [0.15, 0.2) is 0 Å². The molecule has 4 nitrogen and oxygen atoms in total. The number of piperidine rings is 1. The fraction of sp³-hybridized carbons (Fsp3) is 0.909. The molecule has 1 aliphatic heterocycles. The van der Waals surface area contributed by atoms with Crippen LogP contribution in [0.1, 0.15) is 32.6 Å². The average molecular weight is 213 g/mol. The van der Waals surface area contributed by atoms with Gasteiger partial charge in [-0.15, -0.1) is 0 Å². The van der Waals surface area contributed by atoms with E-state index in [0.717, 1.165) is 51.9 Å². The SMILES string of the molecule is CC(=O)NCCCCN1CCC(N)CC1. The van der Waals surface area contributed by atoms with Gasteiger partial charge in [0.1, 0.15) is 0 Å². The van der Waals surface area contributed by atoms with Crippen molar-refractivity contribution in [2.75, 3.05) is 26.2 Å². The summed E-state index contributed by atoms with van der Waals surface area (Å²) in [6, 6.07) is 0.417. The van der Waals surface area contributed by atoms with E-state index >= 15 is 0 Å². The van der Waals surface area contributed by atoms with Crippen LogP contribution in [0.15, 0.2) is 0 Å². The normalized spacial score (nSPS) is 19.1. The van der Waals surface area contributed by atoms with Crippen molar-refractivity contribution < 1.29 is 4.79 Å². The number of nitrogens with one attached hydrogen (secondary N) is 1.